The third kappa shape index (κ3) is 9.15. The molecule has 1 aromatic carbocycles. The van der Waals surface area contributed by atoms with E-state index in [1.807, 2.05) is 6.07 Å². The maximum atomic E-state index is 12.6. The number of hydrogen-bond acceptors (Lipinski definition) is 5. The van der Waals surface area contributed by atoms with E-state index in [-0.39, 0.29) is 18.3 Å². The number of carbonyl (C=O) groups excluding carboxylic acids is 2. The zero-order valence-electron chi connectivity index (χ0n) is 16.3. The molecular weight excluding hydrogens is 548 g/mol. The minimum absolute atomic E-state index is 0. The Kier molecular flexibility index (Phi) is 11.8. The Hall–Kier alpha value is -1.43. The third-order valence-electron chi connectivity index (χ3n) is 3.84. The van der Waals surface area contributed by atoms with Crippen molar-refractivity contribution in [3.63, 3.8) is 0 Å². The van der Waals surface area contributed by atoms with E-state index in [4.69, 9.17) is 44.2 Å². The first kappa shape index (κ1) is 28.6. The molecular formula is C18H22Cl3N2O6Ru. The first-order chi connectivity index (χ1) is 13.4. The Morgan fingerprint density at radius 1 is 1.27 bits per heavy atom. The molecule has 8 nitrogen and oxygen atoms in total. The van der Waals surface area contributed by atoms with Crippen molar-refractivity contribution in [1.29, 1.82) is 5.26 Å². The van der Waals surface area contributed by atoms with Gasteiger partial charge in [0.25, 0.3) is 0 Å². The summed E-state index contributed by atoms with van der Waals surface area (Å²) in [5, 5.41) is 17.9. The van der Waals surface area contributed by atoms with Gasteiger partial charge in [0.05, 0.1) is 30.0 Å². The summed E-state index contributed by atoms with van der Waals surface area (Å²) in [4.78, 5) is 37.1. The van der Waals surface area contributed by atoms with Gasteiger partial charge in [-0.25, -0.2) is 9.69 Å². The van der Waals surface area contributed by atoms with E-state index in [1.165, 1.54) is 0 Å². The van der Waals surface area contributed by atoms with Crippen LogP contribution in [-0.4, -0.2) is 39.1 Å². The summed E-state index contributed by atoms with van der Waals surface area (Å²) in [5.41, 5.74) is 0.336. The number of carboxylic acids is 1. The normalized spacial score (nSPS) is 18.4. The van der Waals surface area contributed by atoms with E-state index in [0.717, 1.165) is 4.90 Å². The predicted molar refractivity (Wildman–Crippen MR) is 109 cm³/mol. The van der Waals surface area contributed by atoms with Gasteiger partial charge in [-0.2, -0.15) is 5.26 Å². The van der Waals surface area contributed by atoms with Gasteiger partial charge < -0.3 is 15.3 Å². The number of imide groups is 1. The average Bonchev–Trinajstić information content (AvgIpc) is 2.89. The monoisotopic (exact) mass is 569 g/mol. The minimum atomic E-state index is -1.75. The number of carboxylic acid groups (broad SMARTS) is 1. The molecule has 2 amide bonds. The first-order valence-electron chi connectivity index (χ1n) is 8.30. The van der Waals surface area contributed by atoms with E-state index in [1.54, 1.807) is 45.0 Å². The van der Waals surface area contributed by atoms with E-state index in [0.29, 0.717) is 11.1 Å². The van der Waals surface area contributed by atoms with Gasteiger partial charge in [0, 0.05) is 0 Å². The molecule has 30 heavy (non-hydrogen) atoms. The Morgan fingerprint density at radius 2 is 1.77 bits per heavy atom. The number of nitriles is 1. The first-order valence-corrected chi connectivity index (χ1v) is 15.0. The van der Waals surface area contributed by atoms with Crippen molar-refractivity contribution in [2.45, 2.75) is 45.3 Å². The quantitative estimate of drug-likeness (QED) is 0.544. The molecule has 2 atom stereocenters. The van der Waals surface area contributed by atoms with Crippen LogP contribution in [0.1, 0.15) is 50.8 Å². The van der Waals surface area contributed by atoms with Crippen molar-refractivity contribution in [3.8, 4) is 6.07 Å². The average molecular weight is 570 g/mol. The van der Waals surface area contributed by atoms with Crippen molar-refractivity contribution in [1.82, 2.24) is 4.90 Å². The van der Waals surface area contributed by atoms with Gasteiger partial charge >= 0.3 is 54.1 Å². The summed E-state index contributed by atoms with van der Waals surface area (Å²) in [6.45, 7) is 5.07. The number of ether oxygens (including phenoxy) is 1. The van der Waals surface area contributed by atoms with Crippen LogP contribution in [0.4, 0.5) is 4.79 Å². The van der Waals surface area contributed by atoms with Gasteiger partial charge in [-0.05, 0) is 44.9 Å². The molecule has 0 spiro atoms. The molecule has 0 saturated carbocycles. The van der Waals surface area contributed by atoms with E-state index < -0.39 is 48.5 Å². The van der Waals surface area contributed by atoms with Crippen LogP contribution in [0.2, 0.25) is 0 Å². The Balaban J connectivity index is 0.00000154. The van der Waals surface area contributed by atoms with Gasteiger partial charge in [0.1, 0.15) is 5.60 Å². The summed E-state index contributed by atoms with van der Waals surface area (Å²) in [7, 11) is 14.8. The number of nitrogens with zero attached hydrogens (tertiary/aromatic N) is 2. The fraction of sp³-hybridized carbons (Fsp3) is 0.444. The molecule has 1 aliphatic rings. The van der Waals surface area contributed by atoms with Gasteiger partial charge in [-0.3, -0.25) is 9.59 Å². The third-order valence-corrected chi connectivity index (χ3v) is 3.84. The second kappa shape index (κ2) is 12.4. The second-order valence-corrected chi connectivity index (χ2v) is 15.0. The van der Waals surface area contributed by atoms with Crippen LogP contribution in [0.15, 0.2) is 24.3 Å². The Labute approximate surface area is 192 Å². The number of rotatable bonds is 3. The molecule has 12 heteroatoms. The number of hydrogen-bond donors (Lipinski definition) is 1. The van der Waals surface area contributed by atoms with Gasteiger partial charge in [-0.15, -0.1) is 0 Å². The molecule has 0 unspecified atom stereocenters. The molecule has 1 fully saturated rings. The molecule has 0 bridgehead atoms. The van der Waals surface area contributed by atoms with Crippen molar-refractivity contribution < 1.29 is 42.7 Å². The zero-order valence-corrected chi connectivity index (χ0v) is 20.3. The van der Waals surface area contributed by atoms with E-state index >= 15 is 0 Å². The molecule has 1 aliphatic heterocycles. The predicted octanol–water partition coefficient (Wildman–Crippen LogP) is 4.10. The van der Waals surface area contributed by atoms with Gasteiger partial charge in [-0.1, -0.05) is 12.1 Å². The fourth-order valence-corrected chi connectivity index (χ4v) is 2.80. The van der Waals surface area contributed by atoms with Crippen LogP contribution in [0.5, 0.6) is 0 Å². The van der Waals surface area contributed by atoms with Crippen molar-refractivity contribution in [3.05, 3.63) is 35.4 Å². The Morgan fingerprint density at radius 3 is 2.17 bits per heavy atom. The molecule has 0 aromatic heterocycles. The van der Waals surface area contributed by atoms with Gasteiger partial charge in [0.15, 0.2) is 0 Å². The maximum absolute atomic E-state index is 12.6. The van der Waals surface area contributed by atoms with Crippen LogP contribution in [0, 0.1) is 17.2 Å². The molecule has 1 aromatic rings. The van der Waals surface area contributed by atoms with Crippen LogP contribution in [-0.2, 0) is 27.3 Å². The number of amides is 2. The fourth-order valence-electron chi connectivity index (χ4n) is 2.80. The van der Waals surface area contributed by atoms with Crippen LogP contribution < -0.4 is 0 Å². The molecule has 0 aliphatic carbocycles. The summed E-state index contributed by atoms with van der Waals surface area (Å²) in [5.74, 6) is -2.43. The van der Waals surface area contributed by atoms with Crippen LogP contribution in [0.25, 0.3) is 0 Å². The summed E-state index contributed by atoms with van der Waals surface area (Å²) < 4.78 is 5.31. The molecule has 0 radical (unpaired) electrons. The van der Waals surface area contributed by atoms with Crippen molar-refractivity contribution in [2.24, 2.45) is 5.92 Å². The molecule has 3 N–H and O–H groups in total. The van der Waals surface area contributed by atoms with Crippen molar-refractivity contribution in [2.75, 3.05) is 0 Å². The molecule has 1 saturated heterocycles. The Bertz CT molecular complexity index is 790. The van der Waals surface area contributed by atoms with E-state index in [2.05, 4.69) is 0 Å². The number of halogens is 3. The van der Waals surface area contributed by atoms with Crippen molar-refractivity contribution >= 4 is 47.0 Å². The standard InChI is InChI=1S/C18H20N2O5.3ClH.H2O.Ru/c1-18(2,3)25-17(24)20-14(8-13(16(20)23)9-15(21)22)12-6-4-11(10-19)5-7-12;;;;;/h4-7,13-14H,8-9H2,1-3H3,(H,21,22);3*1H;1H2;/q;;;;;+3/p-3/t13-,14-;;;;;/m1...../s1. The van der Waals surface area contributed by atoms with Gasteiger partial charge in [0.2, 0.25) is 5.91 Å². The summed E-state index contributed by atoms with van der Waals surface area (Å²) in [6.07, 6.45) is -0.930. The molecule has 169 valence electrons. The zero-order chi connectivity index (χ0) is 22.4. The van der Waals surface area contributed by atoms with Crippen LogP contribution >= 0.6 is 29.1 Å². The van der Waals surface area contributed by atoms with Crippen LogP contribution in [0.3, 0.4) is 0 Å². The molecule has 2 rings (SSSR count). The SMILES string of the molecule is CC(C)(C)OC(=O)N1C(=O)[C@@H](CC(=O)O)C[C@@H]1c1ccc(C#N)cc1.O.[Cl][Ru]([Cl])[Cl]. The number of aliphatic carboxylic acids is 1. The number of carbonyl (C=O) groups is 3. The molecule has 1 heterocycles. The summed E-state index contributed by atoms with van der Waals surface area (Å²) in [6, 6.07) is 7.91. The number of benzene rings is 1. The number of likely N-dealkylation sites (tertiary alicyclic amines) is 1. The van der Waals surface area contributed by atoms with E-state index in [9.17, 15) is 14.4 Å². The topological polar surface area (TPSA) is 139 Å². The summed E-state index contributed by atoms with van der Waals surface area (Å²) >= 11 is -1.75. The second-order valence-electron chi connectivity index (χ2n) is 7.12.